The lowest BCUT2D eigenvalue weighted by molar-refractivity contribution is -0.120. The van der Waals surface area contributed by atoms with Crippen LogP contribution in [0.5, 0.6) is 5.75 Å². The van der Waals surface area contributed by atoms with Crippen molar-refractivity contribution in [2.45, 2.75) is 12.8 Å². The molecular weight excluding hydrogens is 412 g/mol. The first-order valence-electron chi connectivity index (χ1n) is 11.2. The minimum Gasteiger partial charge on any atom is -0.497 e. The minimum atomic E-state index is -0.0965. The summed E-state index contributed by atoms with van der Waals surface area (Å²) >= 11 is 0. The van der Waals surface area contributed by atoms with Gasteiger partial charge in [-0.1, -0.05) is 36.4 Å². The van der Waals surface area contributed by atoms with Gasteiger partial charge in [-0.3, -0.25) is 4.79 Å². The van der Waals surface area contributed by atoms with E-state index >= 15 is 0 Å². The second-order valence-electron chi connectivity index (χ2n) is 8.31. The Hall–Kier alpha value is -3.93. The van der Waals surface area contributed by atoms with Crippen LogP contribution >= 0.6 is 0 Å². The zero-order chi connectivity index (χ0) is 22.6. The van der Waals surface area contributed by atoms with Gasteiger partial charge in [0.15, 0.2) is 5.82 Å². The Morgan fingerprint density at radius 3 is 2.58 bits per heavy atom. The first kappa shape index (κ1) is 20.9. The molecule has 0 bridgehead atoms. The maximum Gasteiger partial charge on any atom is 0.229 e. The highest BCUT2D eigenvalue weighted by molar-refractivity contribution is 6.03. The number of benzene rings is 3. The van der Waals surface area contributed by atoms with Gasteiger partial charge in [0.25, 0.3) is 0 Å². The Balaban J connectivity index is 1.27. The third kappa shape index (κ3) is 4.51. The summed E-state index contributed by atoms with van der Waals surface area (Å²) in [5, 5.41) is 14.2. The van der Waals surface area contributed by atoms with Crippen LogP contribution in [0.15, 0.2) is 78.9 Å². The summed E-state index contributed by atoms with van der Waals surface area (Å²) in [6.07, 6.45) is 1.81. The molecule has 1 fully saturated rings. The highest BCUT2D eigenvalue weighted by Crippen LogP contribution is 2.27. The third-order valence-corrected chi connectivity index (χ3v) is 6.20. The molecule has 0 radical (unpaired) electrons. The molecule has 166 valence electrons. The Morgan fingerprint density at radius 1 is 0.970 bits per heavy atom. The molecule has 5 rings (SSSR count). The summed E-state index contributed by atoms with van der Waals surface area (Å²) in [7, 11) is 1.65. The second-order valence-corrected chi connectivity index (χ2v) is 8.31. The van der Waals surface area contributed by atoms with Crippen molar-refractivity contribution < 1.29 is 9.53 Å². The topological polar surface area (TPSA) is 67.3 Å². The van der Waals surface area contributed by atoms with Gasteiger partial charge in [-0.25, -0.2) is 0 Å². The highest BCUT2D eigenvalue weighted by atomic mass is 16.5. The van der Waals surface area contributed by atoms with Crippen LogP contribution in [0.2, 0.25) is 0 Å². The van der Waals surface area contributed by atoms with Crippen LogP contribution < -0.4 is 15.0 Å². The van der Waals surface area contributed by atoms with Gasteiger partial charge in [0.1, 0.15) is 5.75 Å². The van der Waals surface area contributed by atoms with Crippen LogP contribution in [0.3, 0.4) is 0 Å². The monoisotopic (exact) mass is 438 g/mol. The number of nitrogens with zero attached hydrogens (tertiary/aromatic N) is 3. The quantitative estimate of drug-likeness (QED) is 0.466. The van der Waals surface area contributed by atoms with Crippen LogP contribution in [0.4, 0.5) is 11.5 Å². The number of ether oxygens (including phenoxy) is 1. The van der Waals surface area contributed by atoms with E-state index < -0.39 is 0 Å². The Labute approximate surface area is 193 Å². The molecule has 1 aliphatic rings. The predicted molar refractivity (Wildman–Crippen MR) is 132 cm³/mol. The van der Waals surface area contributed by atoms with E-state index in [1.165, 1.54) is 0 Å². The van der Waals surface area contributed by atoms with Crippen LogP contribution in [0, 0.1) is 5.92 Å². The second kappa shape index (κ2) is 9.28. The van der Waals surface area contributed by atoms with Crippen LogP contribution in [0.1, 0.15) is 12.8 Å². The van der Waals surface area contributed by atoms with Crippen molar-refractivity contribution in [3.63, 3.8) is 0 Å². The van der Waals surface area contributed by atoms with Crippen molar-refractivity contribution in [1.29, 1.82) is 0 Å². The van der Waals surface area contributed by atoms with Crippen molar-refractivity contribution in [3.05, 3.63) is 78.9 Å². The molecule has 6 nitrogen and oxygen atoms in total. The van der Waals surface area contributed by atoms with Crippen molar-refractivity contribution in [2.24, 2.45) is 5.92 Å². The van der Waals surface area contributed by atoms with Gasteiger partial charge in [-0.15, -0.1) is 10.2 Å². The number of fused-ring (bicyclic) bond motifs is 1. The molecule has 33 heavy (non-hydrogen) atoms. The Kier molecular flexibility index (Phi) is 5.89. The maximum atomic E-state index is 13.1. The molecule has 0 aliphatic carbocycles. The number of carbonyl (C=O) groups is 1. The summed E-state index contributed by atoms with van der Waals surface area (Å²) in [6.45, 7) is 1.50. The van der Waals surface area contributed by atoms with Crippen LogP contribution in [0.25, 0.3) is 22.0 Å². The van der Waals surface area contributed by atoms with Crippen LogP contribution in [-0.4, -0.2) is 36.3 Å². The summed E-state index contributed by atoms with van der Waals surface area (Å²) in [6, 6.07) is 25.8. The minimum absolute atomic E-state index is 0.0545. The van der Waals surface area contributed by atoms with E-state index in [1.54, 1.807) is 7.11 Å². The van der Waals surface area contributed by atoms with E-state index in [4.69, 9.17) is 4.74 Å². The number of amides is 1. The smallest absolute Gasteiger partial charge is 0.229 e. The summed E-state index contributed by atoms with van der Waals surface area (Å²) in [5.74, 6) is 1.57. The van der Waals surface area contributed by atoms with Gasteiger partial charge < -0.3 is 15.0 Å². The SMILES string of the molecule is COc1ccc(-c2ccc(N3CCCC(C(=O)Nc4cccc5ccccc45)C3)nn2)cc1. The number of nitrogens with one attached hydrogen (secondary N) is 1. The first-order chi connectivity index (χ1) is 16.2. The fourth-order valence-corrected chi connectivity index (χ4v) is 4.38. The fourth-order valence-electron chi connectivity index (χ4n) is 4.38. The van der Waals surface area contributed by atoms with Crippen molar-refractivity contribution in [2.75, 3.05) is 30.4 Å². The van der Waals surface area contributed by atoms with Gasteiger partial charge in [0, 0.05) is 29.7 Å². The van der Waals surface area contributed by atoms with Crippen LogP contribution in [-0.2, 0) is 4.79 Å². The average Bonchev–Trinajstić information content (AvgIpc) is 2.89. The summed E-state index contributed by atoms with van der Waals surface area (Å²) in [4.78, 5) is 15.2. The molecule has 1 aliphatic heterocycles. The number of methoxy groups -OCH3 is 1. The number of hydrogen-bond acceptors (Lipinski definition) is 5. The highest BCUT2D eigenvalue weighted by Gasteiger charge is 2.27. The standard InChI is InChI=1S/C27H26N4O2/c1-33-22-13-11-20(12-14-22)24-15-16-26(30-29-24)31-17-5-8-21(18-31)27(32)28-25-10-4-7-19-6-2-3-9-23(19)25/h2-4,6-7,9-16,21H,5,8,17-18H2,1H3,(H,28,32). The largest absolute Gasteiger partial charge is 0.497 e. The third-order valence-electron chi connectivity index (χ3n) is 6.20. The lowest BCUT2D eigenvalue weighted by Crippen LogP contribution is -2.41. The zero-order valence-electron chi connectivity index (χ0n) is 18.6. The first-order valence-corrected chi connectivity index (χ1v) is 11.2. The maximum absolute atomic E-state index is 13.1. The molecule has 2 heterocycles. The molecule has 1 N–H and O–H groups in total. The van der Waals surface area contributed by atoms with E-state index in [9.17, 15) is 4.79 Å². The number of rotatable bonds is 5. The average molecular weight is 439 g/mol. The van der Waals surface area contributed by atoms with Gasteiger partial charge in [-0.05, 0) is 60.7 Å². The molecular formula is C27H26N4O2. The van der Waals surface area contributed by atoms with Gasteiger partial charge >= 0.3 is 0 Å². The zero-order valence-corrected chi connectivity index (χ0v) is 18.6. The lowest BCUT2D eigenvalue weighted by Gasteiger charge is -2.32. The number of carbonyl (C=O) groups excluding carboxylic acids is 1. The summed E-state index contributed by atoms with van der Waals surface area (Å²) in [5.41, 5.74) is 2.66. The van der Waals surface area contributed by atoms with Gasteiger partial charge in [0.2, 0.25) is 5.91 Å². The molecule has 1 aromatic heterocycles. The van der Waals surface area contributed by atoms with Crippen molar-refractivity contribution in [3.8, 4) is 17.0 Å². The number of hydrogen-bond donors (Lipinski definition) is 1. The molecule has 1 unspecified atom stereocenters. The molecule has 1 atom stereocenters. The van der Waals surface area contributed by atoms with E-state index in [0.29, 0.717) is 6.54 Å². The fraction of sp³-hybridized carbons (Fsp3) is 0.222. The molecule has 4 aromatic rings. The van der Waals surface area contributed by atoms with Gasteiger partial charge in [0.05, 0.1) is 18.7 Å². The molecule has 1 amide bonds. The Morgan fingerprint density at radius 2 is 1.79 bits per heavy atom. The van der Waals surface area contributed by atoms with E-state index in [0.717, 1.165) is 58.7 Å². The number of piperidine rings is 1. The molecule has 3 aromatic carbocycles. The normalized spacial score (nSPS) is 15.9. The van der Waals surface area contributed by atoms with E-state index in [-0.39, 0.29) is 11.8 Å². The van der Waals surface area contributed by atoms with Crippen molar-refractivity contribution >= 4 is 28.2 Å². The van der Waals surface area contributed by atoms with Crippen molar-refractivity contribution in [1.82, 2.24) is 10.2 Å². The molecule has 0 spiro atoms. The molecule has 6 heteroatoms. The number of aromatic nitrogens is 2. The molecule has 0 saturated carbocycles. The van der Waals surface area contributed by atoms with Gasteiger partial charge in [-0.2, -0.15) is 0 Å². The number of anilines is 2. The molecule has 1 saturated heterocycles. The Bertz CT molecular complexity index is 1250. The van der Waals surface area contributed by atoms with E-state index in [1.807, 2.05) is 66.7 Å². The van der Waals surface area contributed by atoms with E-state index in [2.05, 4.69) is 32.5 Å². The predicted octanol–water partition coefficient (Wildman–Crippen LogP) is 5.16. The summed E-state index contributed by atoms with van der Waals surface area (Å²) < 4.78 is 5.22. The lowest BCUT2D eigenvalue weighted by atomic mass is 9.96.